The summed E-state index contributed by atoms with van der Waals surface area (Å²) in [5.74, 6) is -0.271. The first-order chi connectivity index (χ1) is 26.4. The molecule has 7 rings (SSSR count). The van der Waals surface area contributed by atoms with Gasteiger partial charge in [0.2, 0.25) is 5.91 Å². The van der Waals surface area contributed by atoms with Crippen molar-refractivity contribution in [1.82, 2.24) is 35.5 Å². The van der Waals surface area contributed by atoms with Gasteiger partial charge in [0.15, 0.2) is 0 Å². The molecule has 1 aliphatic heterocycles. The summed E-state index contributed by atoms with van der Waals surface area (Å²) < 4.78 is 12.4. The fourth-order valence-corrected chi connectivity index (χ4v) is 7.02. The van der Waals surface area contributed by atoms with Crippen LogP contribution in [0.2, 0.25) is 0 Å². The van der Waals surface area contributed by atoms with Crippen molar-refractivity contribution in [2.45, 2.75) is 64.3 Å². The highest BCUT2D eigenvalue weighted by Gasteiger charge is 2.35. The van der Waals surface area contributed by atoms with E-state index in [-0.39, 0.29) is 29.9 Å². The number of nitrogens with zero attached hydrogens (tertiary/aromatic N) is 5. The number of nitrogens with one attached hydrogen (secondary N) is 2. The van der Waals surface area contributed by atoms with Crippen molar-refractivity contribution in [3.05, 3.63) is 125 Å². The van der Waals surface area contributed by atoms with E-state index in [1.54, 1.807) is 47.4 Å². The second-order valence-electron chi connectivity index (χ2n) is 13.9. The highest BCUT2D eigenvalue weighted by atomic mass is 16.5. The molecule has 12 heteroatoms. The Morgan fingerprint density at radius 3 is 2.43 bits per heavy atom. The third-order valence-corrected chi connectivity index (χ3v) is 10.2. The van der Waals surface area contributed by atoms with Crippen LogP contribution < -0.4 is 15.4 Å². The van der Waals surface area contributed by atoms with E-state index in [0.717, 1.165) is 23.2 Å². The second-order valence-corrected chi connectivity index (χ2v) is 13.9. The van der Waals surface area contributed by atoms with Gasteiger partial charge in [0.05, 0.1) is 36.3 Å². The van der Waals surface area contributed by atoms with Gasteiger partial charge in [-0.1, -0.05) is 60.7 Å². The molecule has 5 aromatic rings. The Labute approximate surface area is 314 Å². The minimum Gasteiger partial charge on any atom is -0.484 e. The van der Waals surface area contributed by atoms with Gasteiger partial charge in [-0.25, -0.2) is 9.48 Å². The molecule has 2 amide bonds. The summed E-state index contributed by atoms with van der Waals surface area (Å²) >= 11 is 0. The Hall–Kier alpha value is -5.88. The Morgan fingerprint density at radius 2 is 1.69 bits per heavy atom. The van der Waals surface area contributed by atoms with Crippen LogP contribution in [0.3, 0.4) is 0 Å². The van der Waals surface area contributed by atoms with Gasteiger partial charge in [-0.15, -0.1) is 5.10 Å². The van der Waals surface area contributed by atoms with Crippen molar-refractivity contribution in [1.29, 1.82) is 0 Å². The fourth-order valence-electron chi connectivity index (χ4n) is 7.02. The molecule has 2 aliphatic rings. The van der Waals surface area contributed by atoms with Gasteiger partial charge in [-0.2, -0.15) is 0 Å². The van der Waals surface area contributed by atoms with Crippen LogP contribution in [-0.2, 0) is 22.6 Å². The van der Waals surface area contributed by atoms with Crippen molar-refractivity contribution >= 4 is 17.8 Å². The number of carbonyl (C=O) groups excluding carboxylic acids is 3. The Morgan fingerprint density at radius 1 is 0.926 bits per heavy atom. The Bertz CT molecular complexity index is 2070. The van der Waals surface area contributed by atoms with Gasteiger partial charge in [-0.3, -0.25) is 19.5 Å². The maximum atomic E-state index is 13.2. The molecule has 1 atom stereocenters. The molecule has 0 spiro atoms. The number of benzene rings is 3. The summed E-state index contributed by atoms with van der Waals surface area (Å²) in [4.78, 5) is 44.8. The van der Waals surface area contributed by atoms with Crippen molar-refractivity contribution < 1.29 is 23.9 Å². The zero-order valence-electron chi connectivity index (χ0n) is 30.6. The van der Waals surface area contributed by atoms with E-state index in [9.17, 15) is 14.4 Å². The molecule has 1 unspecified atom stereocenters. The molecule has 1 saturated carbocycles. The average molecular weight is 728 g/mol. The van der Waals surface area contributed by atoms with Gasteiger partial charge in [0, 0.05) is 31.2 Å². The maximum absolute atomic E-state index is 13.2. The Balaban J connectivity index is 0.891. The number of hydrogen-bond donors (Lipinski definition) is 2. The van der Waals surface area contributed by atoms with E-state index < -0.39 is 5.97 Å². The van der Waals surface area contributed by atoms with Crippen LogP contribution >= 0.6 is 0 Å². The summed E-state index contributed by atoms with van der Waals surface area (Å²) in [7, 11) is 1.34. The number of ether oxygens (including phenoxy) is 2. The highest BCUT2D eigenvalue weighted by Crippen LogP contribution is 2.30. The number of amides is 2. The summed E-state index contributed by atoms with van der Waals surface area (Å²) in [6, 6.07) is 25.3. The maximum Gasteiger partial charge on any atom is 0.337 e. The minimum absolute atomic E-state index is 0.00511. The molecule has 1 saturated heterocycles. The SMILES string of the molecule is CCC(Oc1ccc(C(=O)OC)cc1)c1cn(-c2cncc(C(=O)NC3CC(C(=O)NCc4ccccc4-c4ccc(CN5CCCC5)cc4)C3)c2)nn1. The lowest BCUT2D eigenvalue weighted by Crippen LogP contribution is -2.49. The molecule has 3 aromatic carbocycles. The molecule has 12 nitrogen and oxygen atoms in total. The molecule has 278 valence electrons. The summed E-state index contributed by atoms with van der Waals surface area (Å²) in [5.41, 5.74) is 6.63. The van der Waals surface area contributed by atoms with Crippen molar-refractivity contribution in [2.75, 3.05) is 20.2 Å². The van der Waals surface area contributed by atoms with E-state index in [1.807, 2.05) is 19.1 Å². The average Bonchev–Trinajstić information content (AvgIpc) is 3.91. The number of pyridine rings is 1. The topological polar surface area (TPSA) is 141 Å². The van der Waals surface area contributed by atoms with Crippen LogP contribution in [-0.4, -0.2) is 68.9 Å². The number of carbonyl (C=O) groups is 3. The molecule has 2 fully saturated rings. The van der Waals surface area contributed by atoms with Crippen LogP contribution in [0.25, 0.3) is 16.8 Å². The predicted octanol–water partition coefficient (Wildman–Crippen LogP) is 6.07. The number of rotatable bonds is 14. The summed E-state index contributed by atoms with van der Waals surface area (Å²) in [5, 5.41) is 14.7. The van der Waals surface area contributed by atoms with Crippen LogP contribution in [0.5, 0.6) is 5.75 Å². The lowest BCUT2D eigenvalue weighted by molar-refractivity contribution is -0.128. The van der Waals surface area contributed by atoms with E-state index >= 15 is 0 Å². The zero-order valence-corrected chi connectivity index (χ0v) is 30.6. The number of methoxy groups -OCH3 is 1. The molecule has 0 bridgehead atoms. The van der Waals surface area contributed by atoms with Gasteiger partial charge < -0.3 is 20.1 Å². The number of esters is 1. The van der Waals surface area contributed by atoms with Crippen LogP contribution in [0, 0.1) is 5.92 Å². The summed E-state index contributed by atoms with van der Waals surface area (Å²) in [6.45, 7) is 5.75. The minimum atomic E-state index is -0.418. The van der Waals surface area contributed by atoms with Gasteiger partial charge in [0.1, 0.15) is 17.5 Å². The molecular weight excluding hydrogens is 683 g/mol. The molecule has 1 aliphatic carbocycles. The normalized spacial score (nSPS) is 17.3. The lowest BCUT2D eigenvalue weighted by Gasteiger charge is -2.34. The predicted molar refractivity (Wildman–Crippen MR) is 203 cm³/mol. The summed E-state index contributed by atoms with van der Waals surface area (Å²) in [6.07, 6.45) is 8.80. The molecule has 54 heavy (non-hydrogen) atoms. The highest BCUT2D eigenvalue weighted by molar-refractivity contribution is 5.95. The largest absolute Gasteiger partial charge is 0.484 e. The third-order valence-electron chi connectivity index (χ3n) is 10.2. The number of hydrogen-bond acceptors (Lipinski definition) is 9. The molecule has 3 heterocycles. The first kappa shape index (κ1) is 36.5. The van der Waals surface area contributed by atoms with Gasteiger partial charge >= 0.3 is 5.97 Å². The number of likely N-dealkylation sites (tertiary alicyclic amines) is 1. The molecule has 2 aromatic heterocycles. The number of aromatic nitrogens is 4. The molecule has 0 radical (unpaired) electrons. The van der Waals surface area contributed by atoms with E-state index in [1.165, 1.54) is 44.8 Å². The smallest absolute Gasteiger partial charge is 0.337 e. The first-order valence-electron chi connectivity index (χ1n) is 18.6. The molecule has 2 N–H and O–H groups in total. The van der Waals surface area contributed by atoms with Crippen molar-refractivity contribution in [3.8, 4) is 22.6 Å². The lowest BCUT2D eigenvalue weighted by atomic mass is 9.79. The van der Waals surface area contributed by atoms with Crippen LogP contribution in [0.4, 0.5) is 0 Å². The monoisotopic (exact) mass is 727 g/mol. The van der Waals surface area contributed by atoms with Crippen molar-refractivity contribution in [3.63, 3.8) is 0 Å². The van der Waals surface area contributed by atoms with Gasteiger partial charge in [0.25, 0.3) is 5.91 Å². The zero-order chi connectivity index (χ0) is 37.4. The van der Waals surface area contributed by atoms with E-state index in [0.29, 0.717) is 54.1 Å². The quantitative estimate of drug-likeness (QED) is 0.131. The Kier molecular flexibility index (Phi) is 11.4. The fraction of sp³-hybridized carbons (Fsp3) is 0.333. The van der Waals surface area contributed by atoms with E-state index in [2.05, 4.69) is 67.2 Å². The second kappa shape index (κ2) is 16.9. The van der Waals surface area contributed by atoms with Gasteiger partial charge in [-0.05, 0) is 97.8 Å². The van der Waals surface area contributed by atoms with Crippen LogP contribution in [0.1, 0.15) is 82.7 Å². The van der Waals surface area contributed by atoms with Crippen molar-refractivity contribution in [2.24, 2.45) is 5.92 Å². The first-order valence-corrected chi connectivity index (χ1v) is 18.6. The van der Waals surface area contributed by atoms with Crippen LogP contribution in [0.15, 0.2) is 97.5 Å². The molecular formula is C42H45N7O5. The standard InChI is InChI=1S/C42H45N7O5/c1-3-39(54-36-16-14-30(15-17-36)42(52)53-2)38-27-49(47-46-38)35-22-33(23-43-25-35)41(51)45-34-20-32(21-34)40(50)44-24-31-8-4-5-9-37(31)29-12-10-28(11-13-29)26-48-18-6-7-19-48/h4-5,8-17,22-23,25,27,32,34,39H,3,6-7,18-21,24,26H2,1-2H3,(H,44,50)(H,45,51). The van der Waals surface area contributed by atoms with E-state index in [4.69, 9.17) is 9.47 Å². The third kappa shape index (κ3) is 8.66.